The maximum atomic E-state index is 11.7. The first-order valence-corrected chi connectivity index (χ1v) is 6.13. The van der Waals surface area contributed by atoms with E-state index in [1.807, 2.05) is 13.0 Å². The standard InChI is InChI=1S/C10H12N3OPS/c1-5-6-4-7(15)16-9(6)12-8(11-5)10(14)13(2)3/h4H,15H2,1-3H3. The molecule has 1 unspecified atom stereocenters. The maximum absolute atomic E-state index is 11.7. The molecule has 2 aromatic rings. The summed E-state index contributed by atoms with van der Waals surface area (Å²) in [6.45, 7) is 1.90. The highest BCUT2D eigenvalue weighted by atomic mass is 32.1. The Morgan fingerprint density at radius 1 is 1.44 bits per heavy atom. The first-order chi connectivity index (χ1) is 7.49. The van der Waals surface area contributed by atoms with E-state index in [4.69, 9.17) is 0 Å². The van der Waals surface area contributed by atoms with Gasteiger partial charge >= 0.3 is 0 Å². The van der Waals surface area contributed by atoms with E-state index >= 15 is 0 Å². The van der Waals surface area contributed by atoms with Crippen molar-refractivity contribution in [2.24, 2.45) is 0 Å². The Hall–Kier alpha value is -1.06. The molecule has 2 aromatic heterocycles. The van der Waals surface area contributed by atoms with Gasteiger partial charge in [-0.15, -0.1) is 11.3 Å². The van der Waals surface area contributed by atoms with Crippen LogP contribution in [0.1, 0.15) is 16.3 Å². The van der Waals surface area contributed by atoms with Crippen LogP contribution in [0, 0.1) is 6.92 Å². The summed E-state index contributed by atoms with van der Waals surface area (Å²) in [7, 11) is 6.03. The summed E-state index contributed by atoms with van der Waals surface area (Å²) in [6.07, 6.45) is 0. The summed E-state index contributed by atoms with van der Waals surface area (Å²) in [6, 6.07) is 2.02. The SMILES string of the molecule is Cc1nc(C(=O)N(C)C)nc2sc(P)cc12. The number of aryl methyl sites for hydroxylation is 1. The van der Waals surface area contributed by atoms with Crippen LogP contribution in [0.15, 0.2) is 6.07 Å². The molecule has 0 saturated heterocycles. The molecule has 84 valence electrons. The van der Waals surface area contributed by atoms with E-state index in [-0.39, 0.29) is 11.7 Å². The second-order valence-electron chi connectivity index (χ2n) is 3.70. The summed E-state index contributed by atoms with van der Waals surface area (Å²) in [5.74, 6) is 0.102. The number of rotatable bonds is 1. The molecule has 0 spiro atoms. The van der Waals surface area contributed by atoms with Crippen molar-refractivity contribution in [3.8, 4) is 0 Å². The molecule has 4 nitrogen and oxygen atoms in total. The van der Waals surface area contributed by atoms with Crippen LogP contribution < -0.4 is 4.62 Å². The van der Waals surface area contributed by atoms with Crippen LogP contribution in [-0.4, -0.2) is 34.9 Å². The largest absolute Gasteiger partial charge is 0.342 e. The van der Waals surface area contributed by atoms with E-state index in [1.165, 1.54) is 4.90 Å². The minimum Gasteiger partial charge on any atom is -0.342 e. The molecule has 0 aliphatic heterocycles. The number of hydrogen-bond acceptors (Lipinski definition) is 4. The number of carbonyl (C=O) groups is 1. The summed E-state index contributed by atoms with van der Waals surface area (Å²) in [4.78, 5) is 22.6. The molecule has 0 aliphatic rings. The lowest BCUT2D eigenvalue weighted by Crippen LogP contribution is -2.24. The highest BCUT2D eigenvalue weighted by Crippen LogP contribution is 2.21. The summed E-state index contributed by atoms with van der Waals surface area (Å²) in [5.41, 5.74) is 0.847. The van der Waals surface area contributed by atoms with Crippen LogP contribution >= 0.6 is 20.6 Å². The zero-order chi connectivity index (χ0) is 11.9. The van der Waals surface area contributed by atoms with Crippen molar-refractivity contribution < 1.29 is 4.79 Å². The van der Waals surface area contributed by atoms with E-state index in [0.29, 0.717) is 0 Å². The van der Waals surface area contributed by atoms with Crippen LogP contribution in [-0.2, 0) is 0 Å². The number of thiophene rings is 1. The molecular weight excluding hydrogens is 241 g/mol. The lowest BCUT2D eigenvalue weighted by molar-refractivity contribution is 0.0816. The van der Waals surface area contributed by atoms with Gasteiger partial charge in [0, 0.05) is 24.1 Å². The van der Waals surface area contributed by atoms with Gasteiger partial charge in [-0.05, 0) is 13.0 Å². The first-order valence-electron chi connectivity index (χ1n) is 4.74. The number of nitrogens with zero attached hydrogens (tertiary/aromatic N) is 3. The minimum absolute atomic E-state index is 0.163. The van der Waals surface area contributed by atoms with Gasteiger partial charge in [-0.2, -0.15) is 0 Å². The average Bonchev–Trinajstić information content (AvgIpc) is 2.57. The summed E-state index contributed by atoms with van der Waals surface area (Å²) < 4.78 is 1.10. The fourth-order valence-corrected chi connectivity index (χ4v) is 2.73. The highest BCUT2D eigenvalue weighted by Gasteiger charge is 2.15. The lowest BCUT2D eigenvalue weighted by Gasteiger charge is -2.08. The van der Waals surface area contributed by atoms with Gasteiger partial charge in [0.1, 0.15) is 4.83 Å². The van der Waals surface area contributed by atoms with E-state index in [0.717, 1.165) is 20.5 Å². The minimum atomic E-state index is -0.163. The van der Waals surface area contributed by atoms with Gasteiger partial charge < -0.3 is 4.90 Å². The van der Waals surface area contributed by atoms with Gasteiger partial charge in [0.15, 0.2) is 0 Å². The molecule has 0 bridgehead atoms. The van der Waals surface area contributed by atoms with Gasteiger partial charge in [-0.25, -0.2) is 9.97 Å². The third-order valence-corrected chi connectivity index (χ3v) is 3.58. The summed E-state index contributed by atoms with van der Waals surface area (Å²) in [5, 5.41) is 1.02. The van der Waals surface area contributed by atoms with Crippen molar-refractivity contribution in [3.05, 3.63) is 17.6 Å². The predicted octanol–water partition coefficient (Wildman–Crippen LogP) is 1.20. The highest BCUT2D eigenvalue weighted by molar-refractivity contribution is 7.45. The smallest absolute Gasteiger partial charge is 0.291 e. The molecule has 0 radical (unpaired) electrons. The van der Waals surface area contributed by atoms with Crippen molar-refractivity contribution in [2.75, 3.05) is 14.1 Å². The third-order valence-electron chi connectivity index (χ3n) is 2.20. The molecule has 2 rings (SSSR count). The van der Waals surface area contributed by atoms with Crippen molar-refractivity contribution in [2.45, 2.75) is 6.92 Å². The van der Waals surface area contributed by atoms with Crippen molar-refractivity contribution in [3.63, 3.8) is 0 Å². The zero-order valence-corrected chi connectivity index (χ0v) is 11.3. The van der Waals surface area contributed by atoms with Gasteiger partial charge in [0.2, 0.25) is 5.82 Å². The lowest BCUT2D eigenvalue weighted by atomic mass is 10.3. The number of carbonyl (C=O) groups excluding carboxylic acids is 1. The third kappa shape index (κ3) is 1.93. The molecule has 6 heteroatoms. The van der Waals surface area contributed by atoms with E-state index in [1.54, 1.807) is 25.4 Å². The molecule has 0 N–H and O–H groups in total. The normalized spacial score (nSPS) is 10.8. The van der Waals surface area contributed by atoms with Gasteiger partial charge in [-0.3, -0.25) is 4.79 Å². The van der Waals surface area contributed by atoms with Crippen LogP contribution in [0.3, 0.4) is 0 Å². The van der Waals surface area contributed by atoms with Gasteiger partial charge in [0.25, 0.3) is 5.91 Å². The first kappa shape index (κ1) is 11.4. The topological polar surface area (TPSA) is 46.1 Å². The van der Waals surface area contributed by atoms with E-state index < -0.39 is 0 Å². The van der Waals surface area contributed by atoms with Crippen molar-refractivity contribution in [1.29, 1.82) is 0 Å². The average molecular weight is 253 g/mol. The Labute approximate surface area is 99.9 Å². The van der Waals surface area contributed by atoms with Crippen LogP contribution in [0.2, 0.25) is 0 Å². The van der Waals surface area contributed by atoms with Crippen molar-refractivity contribution in [1.82, 2.24) is 14.9 Å². The second-order valence-corrected chi connectivity index (χ2v) is 5.80. The number of aromatic nitrogens is 2. The molecule has 0 aliphatic carbocycles. The zero-order valence-electron chi connectivity index (χ0n) is 9.31. The Bertz CT molecular complexity index is 564. The molecule has 16 heavy (non-hydrogen) atoms. The van der Waals surface area contributed by atoms with Crippen LogP contribution in [0.5, 0.6) is 0 Å². The fraction of sp³-hybridized carbons (Fsp3) is 0.300. The Morgan fingerprint density at radius 2 is 2.12 bits per heavy atom. The number of fused-ring (bicyclic) bond motifs is 1. The number of hydrogen-bond donors (Lipinski definition) is 0. The second kappa shape index (κ2) is 4.07. The molecule has 0 saturated carbocycles. The van der Waals surface area contributed by atoms with Crippen LogP contribution in [0.4, 0.5) is 0 Å². The molecule has 0 fully saturated rings. The molecule has 1 atom stereocenters. The van der Waals surface area contributed by atoms with Gasteiger partial charge in [0.05, 0.1) is 5.69 Å². The maximum Gasteiger partial charge on any atom is 0.291 e. The Balaban J connectivity index is 2.61. The molecule has 0 aromatic carbocycles. The van der Waals surface area contributed by atoms with E-state index in [9.17, 15) is 4.79 Å². The fourth-order valence-electron chi connectivity index (χ4n) is 1.38. The Morgan fingerprint density at radius 3 is 2.75 bits per heavy atom. The molecular formula is C10H12N3OPS. The summed E-state index contributed by atoms with van der Waals surface area (Å²) >= 11 is 1.55. The van der Waals surface area contributed by atoms with Crippen LogP contribution in [0.25, 0.3) is 10.2 Å². The monoisotopic (exact) mass is 253 g/mol. The Kier molecular flexibility index (Phi) is 2.91. The van der Waals surface area contributed by atoms with Gasteiger partial charge in [-0.1, -0.05) is 9.24 Å². The van der Waals surface area contributed by atoms with Crippen molar-refractivity contribution >= 4 is 41.3 Å². The molecule has 2 heterocycles. The molecule has 1 amide bonds. The van der Waals surface area contributed by atoms with E-state index in [2.05, 4.69) is 19.2 Å². The predicted molar refractivity (Wildman–Crippen MR) is 69.5 cm³/mol. The number of amides is 1. The quantitative estimate of drug-likeness (QED) is 0.717.